The molecule has 2 saturated carbocycles. The van der Waals surface area contributed by atoms with Gasteiger partial charge in [0.1, 0.15) is 24.7 Å². The molecule has 2 aliphatic carbocycles. The summed E-state index contributed by atoms with van der Waals surface area (Å²) in [5.41, 5.74) is 3.61. The number of likely N-dealkylation sites (tertiary alicyclic amines) is 1. The summed E-state index contributed by atoms with van der Waals surface area (Å²) in [6.45, 7) is 18.6. The Morgan fingerprint density at radius 3 is 2.02 bits per heavy atom. The molecule has 0 aromatic carbocycles. The second kappa shape index (κ2) is 12.3. The van der Waals surface area contributed by atoms with Crippen LogP contribution in [-0.2, 0) is 28.7 Å². The summed E-state index contributed by atoms with van der Waals surface area (Å²) < 4.78 is 5.18. The van der Waals surface area contributed by atoms with Crippen LogP contribution in [0.5, 0.6) is 0 Å². The van der Waals surface area contributed by atoms with E-state index in [0.29, 0.717) is 13.0 Å². The van der Waals surface area contributed by atoms with Crippen molar-refractivity contribution < 1.29 is 33.5 Å². The quantitative estimate of drug-likeness (QED) is 0.149. The van der Waals surface area contributed by atoms with Gasteiger partial charge in [-0.25, -0.2) is 9.59 Å². The van der Waals surface area contributed by atoms with Crippen LogP contribution in [0.2, 0.25) is 0 Å². The molecule has 43 heavy (non-hydrogen) atoms. The van der Waals surface area contributed by atoms with Crippen LogP contribution in [0.3, 0.4) is 0 Å². The van der Waals surface area contributed by atoms with Gasteiger partial charge in [-0.1, -0.05) is 80.9 Å². The Kier molecular flexibility index (Phi) is 9.72. The molecular weight excluding hydrogens is 554 g/mol. The predicted molar refractivity (Wildman–Crippen MR) is 159 cm³/mol. The van der Waals surface area contributed by atoms with Gasteiger partial charge >= 0.3 is 12.0 Å². The third kappa shape index (κ3) is 7.75. The molecule has 3 rings (SSSR count). The van der Waals surface area contributed by atoms with Gasteiger partial charge in [-0.2, -0.15) is 0 Å². The number of carbonyl (C=O) groups is 6. The van der Waals surface area contributed by atoms with Crippen molar-refractivity contribution >= 4 is 35.5 Å². The molecular formula is C31H49N5O7. The second-order valence-corrected chi connectivity index (χ2v) is 15.0. The number of hydrogen-bond donors (Lipinski definition) is 4. The Morgan fingerprint density at radius 2 is 1.53 bits per heavy atom. The van der Waals surface area contributed by atoms with Gasteiger partial charge in [0, 0.05) is 6.54 Å². The van der Waals surface area contributed by atoms with Crippen LogP contribution >= 0.6 is 0 Å². The van der Waals surface area contributed by atoms with Crippen LogP contribution in [0, 0.1) is 34.0 Å². The van der Waals surface area contributed by atoms with E-state index in [2.05, 4.69) is 22.5 Å². The van der Waals surface area contributed by atoms with Gasteiger partial charge in [-0.05, 0) is 40.4 Å². The van der Waals surface area contributed by atoms with Crippen LogP contribution in [-0.4, -0.2) is 77.7 Å². The number of nitrogens with one attached hydrogen (secondary N) is 3. The van der Waals surface area contributed by atoms with Crippen molar-refractivity contribution in [1.29, 1.82) is 0 Å². The number of nitrogens with two attached hydrogens (primary N) is 1. The van der Waals surface area contributed by atoms with E-state index in [1.807, 2.05) is 13.8 Å². The molecule has 0 aromatic heterocycles. The molecule has 12 heteroatoms. The maximum atomic E-state index is 14.2. The number of esters is 1. The number of nitrogens with zero attached hydrogens (tertiary/aromatic N) is 1. The smallest absolute Gasteiger partial charge is 0.329 e. The Balaban J connectivity index is 1.82. The molecule has 5 N–H and O–H groups in total. The van der Waals surface area contributed by atoms with Crippen LogP contribution in [0.15, 0.2) is 12.7 Å². The summed E-state index contributed by atoms with van der Waals surface area (Å²) in [4.78, 5) is 79.6. The van der Waals surface area contributed by atoms with Gasteiger partial charge in [-0.15, -0.1) is 0 Å². The van der Waals surface area contributed by atoms with Crippen molar-refractivity contribution in [3.8, 4) is 0 Å². The molecule has 5 amide bonds. The number of hydrogen-bond acceptors (Lipinski definition) is 7. The van der Waals surface area contributed by atoms with E-state index in [4.69, 9.17) is 10.5 Å². The topological polar surface area (TPSA) is 177 Å². The fraction of sp³-hybridized carbons (Fsp3) is 0.742. The first-order chi connectivity index (χ1) is 19.7. The molecule has 2 unspecified atom stereocenters. The Bertz CT molecular complexity index is 1160. The summed E-state index contributed by atoms with van der Waals surface area (Å²) in [5.74, 6) is -3.42. The number of Topliss-reactive ketones (excluding diaryl/α,β-unsaturated/α-hetero) is 1. The highest BCUT2D eigenvalue weighted by Crippen LogP contribution is 2.65. The summed E-state index contributed by atoms with van der Waals surface area (Å²) >= 11 is 0. The van der Waals surface area contributed by atoms with Crippen molar-refractivity contribution in [2.45, 2.75) is 98.8 Å². The third-order valence-electron chi connectivity index (χ3n) is 9.01. The number of urea groups is 1. The number of carbonyl (C=O) groups excluding carboxylic acids is 6. The average molecular weight is 604 g/mol. The SMILES string of the molecule is C=CCOC(=O)C(NC(=O)N[C@H](C(=O)N1C[C@H]2[C@@H]([C@H]1C(=O)NC(CC1CC1)C(=O)C(N)=O)C2(C)C)C(C)(C)C)C(C)(C)C. The molecule has 12 nitrogen and oxygen atoms in total. The molecule has 0 aromatic rings. The minimum absolute atomic E-state index is 0.0124. The molecule has 1 saturated heterocycles. The van der Waals surface area contributed by atoms with Gasteiger partial charge in [0.2, 0.25) is 17.6 Å². The van der Waals surface area contributed by atoms with Crippen molar-refractivity contribution in [1.82, 2.24) is 20.9 Å². The number of amides is 5. The van der Waals surface area contributed by atoms with Crippen molar-refractivity contribution in [3.63, 3.8) is 0 Å². The minimum atomic E-state index is -1.11. The highest BCUT2D eigenvalue weighted by atomic mass is 16.5. The van der Waals surface area contributed by atoms with Gasteiger partial charge in [0.05, 0.1) is 6.04 Å². The van der Waals surface area contributed by atoms with Gasteiger partial charge in [-0.3, -0.25) is 19.2 Å². The zero-order chi connectivity index (χ0) is 32.7. The standard InChI is InChI=1S/C31H49N5O7/c1-10-13-43-27(41)23(30(5,6)7)35-28(42)34-22(29(2,3)4)26(40)36-15-17-19(31(17,8)9)20(36)25(39)33-18(14-16-11-12-16)21(37)24(32)38/h10,16-20,22-23H,1,11-15H2,2-9H3,(H2,32,38)(H,33,39)(H2,34,35,42)/t17-,18?,19-,20-,22+,23?/m0/s1. The molecule has 3 aliphatic rings. The number of ketones is 1. The maximum absolute atomic E-state index is 14.2. The van der Waals surface area contributed by atoms with E-state index in [1.54, 1.807) is 41.5 Å². The highest BCUT2D eigenvalue weighted by molar-refractivity contribution is 6.37. The second-order valence-electron chi connectivity index (χ2n) is 15.0. The van der Waals surface area contributed by atoms with Gasteiger partial charge in [0.15, 0.2) is 0 Å². The lowest BCUT2D eigenvalue weighted by Crippen LogP contribution is -2.62. The normalized spacial score (nSPS) is 24.5. The molecule has 240 valence electrons. The molecule has 1 aliphatic heterocycles. The van der Waals surface area contributed by atoms with Crippen LogP contribution < -0.4 is 21.7 Å². The maximum Gasteiger partial charge on any atom is 0.329 e. The molecule has 0 spiro atoms. The molecule has 1 heterocycles. The first-order valence-corrected chi connectivity index (χ1v) is 15.0. The van der Waals surface area contributed by atoms with E-state index in [9.17, 15) is 28.8 Å². The lowest BCUT2D eigenvalue weighted by atomic mass is 9.85. The highest BCUT2D eigenvalue weighted by Gasteiger charge is 2.70. The molecule has 0 radical (unpaired) electrons. The summed E-state index contributed by atoms with van der Waals surface area (Å²) in [5, 5.41) is 8.15. The van der Waals surface area contributed by atoms with Crippen molar-refractivity contribution in [2.75, 3.05) is 13.2 Å². The van der Waals surface area contributed by atoms with Gasteiger partial charge < -0.3 is 31.3 Å². The number of primary amides is 1. The first kappa shape index (κ1) is 34.1. The Hall–Kier alpha value is -3.44. The zero-order valence-electron chi connectivity index (χ0n) is 26.7. The van der Waals surface area contributed by atoms with E-state index in [1.165, 1.54) is 11.0 Å². The minimum Gasteiger partial charge on any atom is -0.460 e. The van der Waals surface area contributed by atoms with E-state index >= 15 is 0 Å². The fourth-order valence-corrected chi connectivity index (χ4v) is 6.13. The Morgan fingerprint density at radius 1 is 0.977 bits per heavy atom. The zero-order valence-corrected chi connectivity index (χ0v) is 26.7. The largest absolute Gasteiger partial charge is 0.460 e. The van der Waals surface area contributed by atoms with Gasteiger partial charge in [0.25, 0.3) is 5.91 Å². The summed E-state index contributed by atoms with van der Waals surface area (Å²) in [6, 6.07) is -4.73. The molecule has 3 fully saturated rings. The van der Waals surface area contributed by atoms with Crippen LogP contribution in [0.25, 0.3) is 0 Å². The van der Waals surface area contributed by atoms with Crippen LogP contribution in [0.4, 0.5) is 4.79 Å². The Labute approximate surface area is 254 Å². The summed E-state index contributed by atoms with van der Waals surface area (Å²) in [6.07, 6.45) is 3.57. The van der Waals surface area contributed by atoms with E-state index in [-0.39, 0.29) is 29.8 Å². The predicted octanol–water partition coefficient (Wildman–Crippen LogP) is 1.67. The number of ether oxygens (including phenoxy) is 1. The molecule has 6 atom stereocenters. The number of piperidine rings is 1. The van der Waals surface area contributed by atoms with Crippen molar-refractivity contribution in [3.05, 3.63) is 12.7 Å². The average Bonchev–Trinajstić information content (AvgIpc) is 3.73. The number of fused-ring (bicyclic) bond motifs is 1. The number of rotatable bonds is 12. The fourth-order valence-electron chi connectivity index (χ4n) is 6.13. The van der Waals surface area contributed by atoms with E-state index < -0.39 is 70.5 Å². The van der Waals surface area contributed by atoms with E-state index in [0.717, 1.165) is 12.8 Å². The lowest BCUT2D eigenvalue weighted by molar-refractivity contribution is -0.147. The van der Waals surface area contributed by atoms with Crippen molar-refractivity contribution in [2.24, 2.45) is 39.7 Å². The van der Waals surface area contributed by atoms with Crippen LogP contribution in [0.1, 0.15) is 74.7 Å². The summed E-state index contributed by atoms with van der Waals surface area (Å²) in [7, 11) is 0. The lowest BCUT2D eigenvalue weighted by Gasteiger charge is -2.38. The molecule has 0 bridgehead atoms. The monoisotopic (exact) mass is 603 g/mol. The third-order valence-corrected chi connectivity index (χ3v) is 9.01. The first-order valence-electron chi connectivity index (χ1n) is 15.0.